The molecule has 408 valence electrons. The molecule has 8 aromatic carbocycles. The molecule has 1 aliphatic carbocycles. The summed E-state index contributed by atoms with van der Waals surface area (Å²) in [6.07, 6.45) is 0.801. The molecule has 16 heteroatoms. The minimum absolute atomic E-state index is 0.200. The van der Waals surface area contributed by atoms with Crippen LogP contribution in [-0.4, -0.2) is 50.6 Å². The molecule has 16 nitrogen and oxygen atoms in total. The number of anilines is 8. The van der Waals surface area contributed by atoms with Crippen LogP contribution in [0.25, 0.3) is 0 Å². The molecule has 80 heavy (non-hydrogen) atoms. The highest BCUT2D eigenvalue weighted by molar-refractivity contribution is 6.02. The number of urea groups is 4. The van der Waals surface area contributed by atoms with Crippen LogP contribution in [0.3, 0.4) is 0 Å². The molecule has 0 saturated carbocycles. The van der Waals surface area contributed by atoms with Gasteiger partial charge in [0.2, 0.25) is 0 Å². The van der Waals surface area contributed by atoms with Crippen molar-refractivity contribution >= 4 is 69.6 Å². The Hall–Kier alpha value is -9.96. The minimum Gasteiger partial charge on any atom is -0.493 e. The average Bonchev–Trinajstić information content (AvgIpc) is 3.45. The molecule has 8 N–H and O–H groups in total. The highest BCUT2D eigenvalue weighted by atomic mass is 16.5. The highest BCUT2D eigenvalue weighted by Gasteiger charge is 2.26. The molecule has 0 atom stereocenters. The molecule has 0 aliphatic heterocycles. The Balaban J connectivity index is 1.27. The van der Waals surface area contributed by atoms with Gasteiger partial charge in [-0.1, -0.05) is 72.8 Å². The summed E-state index contributed by atoms with van der Waals surface area (Å²) in [6, 6.07) is 49.9. The predicted octanol–water partition coefficient (Wildman–Crippen LogP) is 14.5. The molecule has 0 unspecified atom stereocenters. The summed E-state index contributed by atoms with van der Waals surface area (Å²) < 4.78 is 26.7. The van der Waals surface area contributed by atoms with E-state index in [1.807, 2.05) is 149 Å². The van der Waals surface area contributed by atoms with E-state index < -0.39 is 24.1 Å². The number of amides is 8. The van der Waals surface area contributed by atoms with E-state index in [0.717, 1.165) is 0 Å². The summed E-state index contributed by atoms with van der Waals surface area (Å²) in [5.74, 6) is 2.26. The van der Waals surface area contributed by atoms with Gasteiger partial charge < -0.3 is 61.5 Å². The summed E-state index contributed by atoms with van der Waals surface area (Å²) >= 11 is 0. The van der Waals surface area contributed by atoms with E-state index in [1.165, 1.54) is 0 Å². The lowest BCUT2D eigenvalue weighted by molar-refractivity contribution is 0.261. The standard InChI is InChI=1S/C64H64N8O8/c1-5-77-57-41-29-43-35-54(70-62(74)66-50-23-15-10-16-24-50)37-45(58(43)78-6-2)31-47-39-56(72-64(76)68-52-27-19-12-20-28-52)40-48(60(47)80-8-4)32-46-38-55(71-63(75)67-51-25-17-11-18-26-51)36-44(59(46)79-7-3)30-42(57)34-53(33-41)69-61(73)65-49-21-13-9-14-22-49/h9-28,33-40H,5-8,29-32H2,1-4H3,(H2,65,69,73)(H2,66,70,74)(H2,67,71,75)(H2,68,72,76). The fourth-order valence-electron chi connectivity index (χ4n) is 9.76. The van der Waals surface area contributed by atoms with E-state index in [1.54, 1.807) is 48.5 Å². The fraction of sp³-hybridized carbons (Fsp3) is 0.188. The van der Waals surface area contributed by atoms with Gasteiger partial charge in [0.05, 0.1) is 26.4 Å². The lowest BCUT2D eigenvalue weighted by Gasteiger charge is -2.24. The third-order valence-electron chi connectivity index (χ3n) is 12.8. The molecule has 8 bridgehead atoms. The number of hydrogen-bond donors (Lipinski definition) is 8. The Kier molecular flexibility index (Phi) is 18.1. The van der Waals surface area contributed by atoms with Crippen LogP contribution in [0.5, 0.6) is 23.0 Å². The van der Waals surface area contributed by atoms with E-state index in [0.29, 0.717) is 139 Å². The average molecular weight is 1070 g/mol. The second kappa shape index (κ2) is 26.4. The maximum absolute atomic E-state index is 13.9. The van der Waals surface area contributed by atoms with Crippen LogP contribution in [0.2, 0.25) is 0 Å². The van der Waals surface area contributed by atoms with Gasteiger partial charge >= 0.3 is 24.1 Å². The van der Waals surface area contributed by atoms with Crippen molar-refractivity contribution in [3.8, 4) is 23.0 Å². The van der Waals surface area contributed by atoms with Crippen molar-refractivity contribution in [2.45, 2.75) is 53.4 Å². The molecular formula is C64H64N8O8. The van der Waals surface area contributed by atoms with Crippen LogP contribution in [0.15, 0.2) is 170 Å². The number of benzene rings is 8. The minimum atomic E-state index is -0.460. The SMILES string of the molecule is CCOc1c2cc(NC(=O)Nc3ccccc3)cc1Cc1cc(NC(=O)Nc3ccccc3)cc(c1OCC)Cc1cc(NC(=O)Nc3ccccc3)cc(c1OCC)Cc1cc(NC(=O)Nc3ccccc3)cc(c1OCC)C2. The second-order valence-electron chi connectivity index (χ2n) is 18.7. The number of rotatable bonds is 16. The third-order valence-corrected chi connectivity index (χ3v) is 12.8. The monoisotopic (exact) mass is 1070 g/mol. The van der Waals surface area contributed by atoms with Crippen molar-refractivity contribution in [3.05, 3.63) is 214 Å². The molecule has 0 heterocycles. The topological polar surface area (TPSA) is 201 Å². The third kappa shape index (κ3) is 14.3. The maximum Gasteiger partial charge on any atom is 0.323 e. The van der Waals surface area contributed by atoms with Gasteiger partial charge in [-0.15, -0.1) is 0 Å². The van der Waals surface area contributed by atoms with E-state index in [-0.39, 0.29) is 25.7 Å². The summed E-state index contributed by atoms with van der Waals surface area (Å²) in [6.45, 7) is 8.84. The lowest BCUT2D eigenvalue weighted by atomic mass is 9.90. The number of carbonyl (C=O) groups is 4. The summed E-state index contributed by atoms with van der Waals surface area (Å²) in [7, 11) is 0. The molecule has 1 aliphatic rings. The van der Waals surface area contributed by atoms with Crippen molar-refractivity contribution in [2.24, 2.45) is 0 Å². The van der Waals surface area contributed by atoms with Gasteiger partial charge in [0.15, 0.2) is 0 Å². The molecule has 0 saturated heterocycles. The molecule has 0 fully saturated rings. The zero-order chi connectivity index (χ0) is 55.8. The van der Waals surface area contributed by atoms with Gasteiger partial charge in [-0.2, -0.15) is 0 Å². The van der Waals surface area contributed by atoms with Gasteiger partial charge in [0, 0.05) is 116 Å². The molecule has 8 aromatic rings. The number of fused-ring (bicyclic) bond motifs is 8. The first kappa shape index (κ1) is 54.8. The first-order chi connectivity index (χ1) is 39.0. The van der Waals surface area contributed by atoms with Crippen molar-refractivity contribution in [3.63, 3.8) is 0 Å². The Morgan fingerprint density at radius 2 is 0.438 bits per heavy atom. The normalized spacial score (nSPS) is 11.4. The summed E-state index contributed by atoms with van der Waals surface area (Å²) in [4.78, 5) is 55.5. The molecular weight excluding hydrogens is 1010 g/mol. The quantitative estimate of drug-likeness (QED) is 0.0467. The number of para-hydroxylation sites is 4. The zero-order valence-electron chi connectivity index (χ0n) is 45.1. The Labute approximate surface area is 465 Å². The maximum atomic E-state index is 13.9. The van der Waals surface area contributed by atoms with E-state index in [2.05, 4.69) is 42.5 Å². The van der Waals surface area contributed by atoms with Gasteiger partial charge in [0.1, 0.15) is 23.0 Å². The van der Waals surface area contributed by atoms with E-state index >= 15 is 0 Å². The van der Waals surface area contributed by atoms with E-state index in [4.69, 9.17) is 18.9 Å². The predicted molar refractivity (Wildman–Crippen MR) is 318 cm³/mol. The molecule has 9 rings (SSSR count). The van der Waals surface area contributed by atoms with Crippen LogP contribution in [0, 0.1) is 0 Å². The van der Waals surface area contributed by atoms with Crippen molar-refractivity contribution in [1.29, 1.82) is 0 Å². The first-order valence-corrected chi connectivity index (χ1v) is 26.7. The zero-order valence-corrected chi connectivity index (χ0v) is 45.1. The van der Waals surface area contributed by atoms with Gasteiger partial charge in [0.25, 0.3) is 0 Å². The van der Waals surface area contributed by atoms with Gasteiger partial charge in [-0.05, 0) is 125 Å². The van der Waals surface area contributed by atoms with Gasteiger partial charge in [-0.25, -0.2) is 19.2 Å². The number of carbonyl (C=O) groups excluding carboxylic acids is 4. The summed E-state index contributed by atoms with van der Waals surface area (Å²) in [5, 5.41) is 24.1. The lowest BCUT2D eigenvalue weighted by Crippen LogP contribution is -2.21. The second-order valence-corrected chi connectivity index (χ2v) is 18.7. The number of nitrogens with one attached hydrogen (secondary N) is 8. The smallest absolute Gasteiger partial charge is 0.323 e. The Bertz CT molecular complexity index is 2920. The Morgan fingerprint density at radius 3 is 0.600 bits per heavy atom. The van der Waals surface area contributed by atoms with Crippen LogP contribution < -0.4 is 61.5 Å². The van der Waals surface area contributed by atoms with Crippen molar-refractivity contribution in [2.75, 3.05) is 69.0 Å². The molecule has 8 amide bonds. The number of ether oxygens (including phenoxy) is 4. The highest BCUT2D eigenvalue weighted by Crippen LogP contribution is 2.43. The van der Waals surface area contributed by atoms with Crippen LogP contribution >= 0.6 is 0 Å². The van der Waals surface area contributed by atoms with Crippen LogP contribution in [0.1, 0.15) is 72.2 Å². The largest absolute Gasteiger partial charge is 0.493 e. The Morgan fingerprint density at radius 1 is 0.275 bits per heavy atom. The molecule has 0 radical (unpaired) electrons. The van der Waals surface area contributed by atoms with Crippen molar-refractivity contribution < 1.29 is 38.1 Å². The van der Waals surface area contributed by atoms with Crippen LogP contribution in [0.4, 0.5) is 64.7 Å². The van der Waals surface area contributed by atoms with Crippen molar-refractivity contribution in [1.82, 2.24) is 0 Å². The molecule has 0 aromatic heterocycles. The summed E-state index contributed by atoms with van der Waals surface area (Å²) in [5.41, 5.74) is 9.95. The van der Waals surface area contributed by atoms with E-state index in [9.17, 15) is 19.2 Å². The molecule has 0 spiro atoms. The van der Waals surface area contributed by atoms with Crippen LogP contribution in [-0.2, 0) is 25.7 Å². The first-order valence-electron chi connectivity index (χ1n) is 26.7. The fourth-order valence-corrected chi connectivity index (χ4v) is 9.76. The van der Waals surface area contributed by atoms with Gasteiger partial charge in [-0.3, -0.25) is 0 Å². The number of hydrogen-bond acceptors (Lipinski definition) is 8.